The summed E-state index contributed by atoms with van der Waals surface area (Å²) in [7, 11) is 0. The van der Waals surface area contributed by atoms with Crippen LogP contribution in [-0.4, -0.2) is 63.7 Å². The molecule has 0 saturated carbocycles. The first kappa shape index (κ1) is 21.4. The maximum absolute atomic E-state index is 12.9. The summed E-state index contributed by atoms with van der Waals surface area (Å²) >= 11 is 0. The first-order valence-electron chi connectivity index (χ1n) is 11.5. The van der Waals surface area contributed by atoms with E-state index in [1.54, 1.807) is 16.9 Å². The van der Waals surface area contributed by atoms with Crippen molar-refractivity contribution in [2.75, 3.05) is 26.2 Å². The quantitative estimate of drug-likeness (QED) is 0.714. The summed E-state index contributed by atoms with van der Waals surface area (Å²) in [5.74, 6) is 1.29. The van der Waals surface area contributed by atoms with Crippen molar-refractivity contribution < 1.29 is 14.3 Å². The van der Waals surface area contributed by atoms with Gasteiger partial charge in [0.1, 0.15) is 11.4 Å². The number of piperidine rings is 2. The molecule has 2 aliphatic heterocycles. The number of likely N-dealkylation sites (tertiary alicyclic amines) is 2. The molecule has 0 aliphatic carbocycles. The minimum absolute atomic E-state index is 0.0608. The number of carbonyl (C=O) groups is 2. The second kappa shape index (κ2) is 9.98. The van der Waals surface area contributed by atoms with Gasteiger partial charge in [-0.15, -0.1) is 0 Å². The molecule has 4 rings (SSSR count). The lowest BCUT2D eigenvalue weighted by Gasteiger charge is -2.43. The van der Waals surface area contributed by atoms with Crippen molar-refractivity contribution in [1.29, 1.82) is 0 Å². The number of amides is 2. The molecule has 166 valence electrons. The van der Waals surface area contributed by atoms with Gasteiger partial charge >= 0.3 is 0 Å². The summed E-state index contributed by atoms with van der Waals surface area (Å²) in [5.41, 5.74) is 0.661. The number of hydrogen-bond acceptors (Lipinski definition) is 4. The number of nitrogens with zero attached hydrogens (tertiary/aromatic N) is 4. The van der Waals surface area contributed by atoms with Crippen LogP contribution in [0.2, 0.25) is 0 Å². The molecule has 31 heavy (non-hydrogen) atoms. The number of carbonyl (C=O) groups excluding carboxylic acids is 2. The fourth-order valence-electron chi connectivity index (χ4n) is 4.92. The number of aromatic nitrogens is 2. The van der Waals surface area contributed by atoms with Crippen molar-refractivity contribution in [3.05, 3.63) is 48.3 Å². The third kappa shape index (κ3) is 4.92. The highest BCUT2D eigenvalue weighted by molar-refractivity contribution is 5.92. The van der Waals surface area contributed by atoms with E-state index in [2.05, 4.69) is 5.10 Å². The second-order valence-corrected chi connectivity index (χ2v) is 8.41. The molecule has 0 N–H and O–H groups in total. The Balaban J connectivity index is 1.34. The Morgan fingerprint density at radius 1 is 1.03 bits per heavy atom. The van der Waals surface area contributed by atoms with Gasteiger partial charge in [-0.05, 0) is 63.1 Å². The lowest BCUT2D eigenvalue weighted by atomic mass is 9.83. The summed E-state index contributed by atoms with van der Waals surface area (Å²) in [4.78, 5) is 29.8. The second-order valence-electron chi connectivity index (χ2n) is 8.41. The molecule has 7 heteroatoms. The third-order valence-corrected chi connectivity index (χ3v) is 6.58. The van der Waals surface area contributed by atoms with Gasteiger partial charge in [-0.3, -0.25) is 14.3 Å². The molecule has 1 aromatic heterocycles. The van der Waals surface area contributed by atoms with Gasteiger partial charge in [-0.25, -0.2) is 0 Å². The molecule has 2 aliphatic rings. The van der Waals surface area contributed by atoms with Gasteiger partial charge in [0.15, 0.2) is 6.61 Å². The highest BCUT2D eigenvalue weighted by Crippen LogP contribution is 2.31. The molecule has 0 spiro atoms. The lowest BCUT2D eigenvalue weighted by Crippen LogP contribution is -2.52. The summed E-state index contributed by atoms with van der Waals surface area (Å²) in [6.45, 7) is 5.03. The van der Waals surface area contributed by atoms with E-state index in [9.17, 15) is 9.59 Å². The van der Waals surface area contributed by atoms with Crippen LogP contribution in [0.15, 0.2) is 42.6 Å². The molecule has 0 bridgehead atoms. The molecule has 1 atom stereocenters. The standard InChI is InChI=1S/C24H32N4O3/c1-2-28-22(11-14-25-28)24(30)26-16-12-19(13-17-26)21-10-6-7-15-27(21)23(29)18-31-20-8-4-3-5-9-20/h3-5,8-9,11,14,19,21H,2,6-7,10,12-13,15-18H2,1H3. The van der Waals surface area contributed by atoms with E-state index in [-0.39, 0.29) is 24.5 Å². The van der Waals surface area contributed by atoms with E-state index in [0.29, 0.717) is 18.2 Å². The molecule has 0 radical (unpaired) electrons. The molecule has 3 heterocycles. The Morgan fingerprint density at radius 3 is 2.55 bits per heavy atom. The summed E-state index contributed by atoms with van der Waals surface area (Å²) in [6.07, 6.45) is 6.79. The van der Waals surface area contributed by atoms with E-state index in [1.165, 1.54) is 0 Å². The van der Waals surface area contributed by atoms with Gasteiger partial charge < -0.3 is 14.5 Å². The van der Waals surface area contributed by atoms with Crippen LogP contribution in [0.1, 0.15) is 49.5 Å². The molecule has 7 nitrogen and oxygen atoms in total. The van der Waals surface area contributed by atoms with Gasteiger partial charge in [0.2, 0.25) is 0 Å². The minimum atomic E-state index is 0.0608. The van der Waals surface area contributed by atoms with Gasteiger partial charge in [-0.1, -0.05) is 18.2 Å². The van der Waals surface area contributed by atoms with Crippen molar-refractivity contribution in [3.63, 3.8) is 0 Å². The van der Waals surface area contributed by atoms with E-state index >= 15 is 0 Å². The molecule has 1 aromatic carbocycles. The van der Waals surface area contributed by atoms with Crippen molar-refractivity contribution in [3.8, 4) is 5.75 Å². The normalized spacial score (nSPS) is 20.0. The van der Waals surface area contributed by atoms with Crippen LogP contribution in [0.5, 0.6) is 5.75 Å². The smallest absolute Gasteiger partial charge is 0.272 e. The molecular formula is C24H32N4O3. The van der Waals surface area contributed by atoms with Crippen LogP contribution in [-0.2, 0) is 11.3 Å². The summed E-state index contributed by atoms with van der Waals surface area (Å²) in [5, 5.41) is 4.22. The Morgan fingerprint density at radius 2 is 1.81 bits per heavy atom. The summed E-state index contributed by atoms with van der Waals surface area (Å²) < 4.78 is 7.47. The zero-order valence-electron chi connectivity index (χ0n) is 18.3. The number of hydrogen-bond donors (Lipinski definition) is 0. The van der Waals surface area contributed by atoms with E-state index in [4.69, 9.17) is 4.74 Å². The fraction of sp³-hybridized carbons (Fsp3) is 0.542. The highest BCUT2D eigenvalue weighted by Gasteiger charge is 2.36. The molecule has 2 aromatic rings. The van der Waals surface area contributed by atoms with Crippen LogP contribution in [0, 0.1) is 5.92 Å². The molecular weight excluding hydrogens is 392 g/mol. The molecule has 1 unspecified atom stereocenters. The first-order chi connectivity index (χ1) is 15.2. The number of rotatable bonds is 6. The minimum Gasteiger partial charge on any atom is -0.484 e. The first-order valence-corrected chi connectivity index (χ1v) is 11.5. The number of para-hydroxylation sites is 1. The van der Waals surface area contributed by atoms with Crippen LogP contribution in [0.3, 0.4) is 0 Å². The average Bonchev–Trinajstić information content (AvgIpc) is 3.32. The van der Waals surface area contributed by atoms with Crippen LogP contribution in [0.25, 0.3) is 0 Å². The van der Waals surface area contributed by atoms with Crippen molar-refractivity contribution in [1.82, 2.24) is 19.6 Å². The average molecular weight is 425 g/mol. The van der Waals surface area contributed by atoms with E-state index in [1.807, 2.05) is 47.1 Å². The monoisotopic (exact) mass is 424 g/mol. The Labute approximate surface area is 184 Å². The van der Waals surface area contributed by atoms with Crippen molar-refractivity contribution in [2.45, 2.75) is 51.6 Å². The zero-order valence-corrected chi connectivity index (χ0v) is 18.3. The Kier molecular flexibility index (Phi) is 6.89. The van der Waals surface area contributed by atoms with Crippen molar-refractivity contribution >= 4 is 11.8 Å². The predicted molar refractivity (Wildman–Crippen MR) is 118 cm³/mol. The van der Waals surface area contributed by atoms with Crippen LogP contribution >= 0.6 is 0 Å². The maximum Gasteiger partial charge on any atom is 0.272 e. The predicted octanol–water partition coefficient (Wildman–Crippen LogP) is 3.22. The maximum atomic E-state index is 12.9. The van der Waals surface area contributed by atoms with Gasteiger partial charge in [0.05, 0.1) is 0 Å². The zero-order chi connectivity index (χ0) is 21.6. The fourth-order valence-corrected chi connectivity index (χ4v) is 4.92. The van der Waals surface area contributed by atoms with Gasteiger partial charge in [0.25, 0.3) is 11.8 Å². The van der Waals surface area contributed by atoms with Crippen molar-refractivity contribution in [2.24, 2.45) is 5.92 Å². The van der Waals surface area contributed by atoms with E-state index in [0.717, 1.165) is 57.5 Å². The van der Waals surface area contributed by atoms with Crippen LogP contribution < -0.4 is 4.74 Å². The molecule has 2 saturated heterocycles. The highest BCUT2D eigenvalue weighted by atomic mass is 16.5. The Bertz CT molecular complexity index is 874. The Hall–Kier alpha value is -2.83. The molecule has 2 fully saturated rings. The van der Waals surface area contributed by atoms with Gasteiger partial charge in [0, 0.05) is 38.4 Å². The van der Waals surface area contributed by atoms with Gasteiger partial charge in [-0.2, -0.15) is 5.10 Å². The van der Waals surface area contributed by atoms with E-state index < -0.39 is 0 Å². The number of aryl methyl sites for hydroxylation is 1. The number of benzene rings is 1. The largest absolute Gasteiger partial charge is 0.484 e. The lowest BCUT2D eigenvalue weighted by molar-refractivity contribution is -0.139. The topological polar surface area (TPSA) is 67.7 Å². The molecule has 2 amide bonds. The summed E-state index contributed by atoms with van der Waals surface area (Å²) in [6, 6.07) is 11.5. The third-order valence-electron chi connectivity index (χ3n) is 6.58. The van der Waals surface area contributed by atoms with Crippen LogP contribution in [0.4, 0.5) is 0 Å². The SMILES string of the molecule is CCn1nccc1C(=O)N1CCC(C2CCCCN2C(=O)COc2ccccc2)CC1. The number of ether oxygens (including phenoxy) is 1.